The van der Waals surface area contributed by atoms with Gasteiger partial charge in [0.15, 0.2) is 0 Å². The van der Waals surface area contributed by atoms with Crippen LogP contribution in [-0.4, -0.2) is 19.7 Å². The Hall–Kier alpha value is -2.92. The molecule has 0 N–H and O–H groups in total. The summed E-state index contributed by atoms with van der Waals surface area (Å²) < 4.78 is 2.14. The first-order chi connectivity index (χ1) is 13.2. The monoisotopic (exact) mass is 372 g/mol. The summed E-state index contributed by atoms with van der Waals surface area (Å²) in [6.45, 7) is 4.26. The molecule has 0 aliphatic heterocycles. The van der Waals surface area contributed by atoms with Crippen molar-refractivity contribution in [2.45, 2.75) is 30.5 Å². The molecule has 0 bridgehead atoms. The highest BCUT2D eigenvalue weighted by Crippen LogP contribution is 2.29. The zero-order valence-corrected chi connectivity index (χ0v) is 16.1. The summed E-state index contributed by atoms with van der Waals surface area (Å²) in [5.41, 5.74) is 4.81. The van der Waals surface area contributed by atoms with Gasteiger partial charge >= 0.3 is 0 Å². The number of pyridine rings is 1. The minimum Gasteiger partial charge on any atom is -0.273 e. The molecule has 4 nitrogen and oxygen atoms in total. The van der Waals surface area contributed by atoms with Crippen LogP contribution in [0.4, 0.5) is 0 Å². The lowest BCUT2D eigenvalue weighted by molar-refractivity contribution is 0.844. The minimum atomic E-state index is 0.726. The Balaban J connectivity index is 1.78. The maximum atomic E-state index is 4.50. The van der Waals surface area contributed by atoms with Gasteiger partial charge in [0.1, 0.15) is 10.9 Å². The van der Waals surface area contributed by atoms with Gasteiger partial charge in [0.05, 0.1) is 0 Å². The van der Waals surface area contributed by atoms with Gasteiger partial charge in [-0.3, -0.25) is 4.57 Å². The van der Waals surface area contributed by atoms with E-state index < -0.39 is 0 Å². The van der Waals surface area contributed by atoms with E-state index in [1.165, 1.54) is 28.5 Å². The van der Waals surface area contributed by atoms with Gasteiger partial charge in [-0.1, -0.05) is 42.5 Å². The van der Waals surface area contributed by atoms with Crippen LogP contribution in [0.15, 0.2) is 83.1 Å². The summed E-state index contributed by atoms with van der Waals surface area (Å²) in [6.07, 6.45) is 2.52. The van der Waals surface area contributed by atoms with Crippen molar-refractivity contribution in [2.24, 2.45) is 0 Å². The second-order valence-electron chi connectivity index (χ2n) is 6.44. The maximum Gasteiger partial charge on any atom is 0.202 e. The number of aryl methyl sites for hydroxylation is 2. The van der Waals surface area contributed by atoms with Crippen molar-refractivity contribution in [1.29, 1.82) is 0 Å². The quantitative estimate of drug-likeness (QED) is 0.493. The third-order valence-corrected chi connectivity index (χ3v) is 5.39. The molecule has 0 saturated heterocycles. The lowest BCUT2D eigenvalue weighted by Crippen LogP contribution is -2.04. The summed E-state index contributed by atoms with van der Waals surface area (Å²) in [5, 5.41) is 10.7. The molecule has 0 unspecified atom stereocenters. The summed E-state index contributed by atoms with van der Waals surface area (Å²) >= 11 is 1.53. The summed E-state index contributed by atoms with van der Waals surface area (Å²) in [6, 6.07) is 22.7. The molecule has 0 amide bonds. The second kappa shape index (κ2) is 7.76. The average Bonchev–Trinajstić information content (AvgIpc) is 3.08. The van der Waals surface area contributed by atoms with Crippen molar-refractivity contribution >= 4 is 11.8 Å². The molecule has 2 heterocycles. The summed E-state index contributed by atoms with van der Waals surface area (Å²) in [7, 11) is 0. The molecule has 0 spiro atoms. The van der Waals surface area contributed by atoms with Gasteiger partial charge in [0.25, 0.3) is 0 Å². The number of hydrogen-bond donors (Lipinski definition) is 0. The van der Waals surface area contributed by atoms with Gasteiger partial charge in [-0.2, -0.15) is 0 Å². The SMILES string of the molecule is Cc1ccc(-n2c(Cc3ccccc3)nnc2Sc2ccccn2)cc1C. The van der Waals surface area contributed by atoms with E-state index in [0.29, 0.717) is 0 Å². The van der Waals surface area contributed by atoms with Crippen LogP contribution in [0.25, 0.3) is 5.69 Å². The van der Waals surface area contributed by atoms with Crippen molar-refractivity contribution in [3.05, 3.63) is 95.4 Å². The first-order valence-corrected chi connectivity index (χ1v) is 9.67. The van der Waals surface area contributed by atoms with Crippen LogP contribution >= 0.6 is 11.8 Å². The third-order valence-electron chi connectivity index (χ3n) is 4.49. The van der Waals surface area contributed by atoms with Gasteiger partial charge in [-0.05, 0) is 66.6 Å². The van der Waals surface area contributed by atoms with Crippen LogP contribution in [0.3, 0.4) is 0 Å². The predicted molar refractivity (Wildman–Crippen MR) is 108 cm³/mol. The number of nitrogens with zero attached hydrogens (tertiary/aromatic N) is 4. The zero-order valence-electron chi connectivity index (χ0n) is 15.3. The lowest BCUT2D eigenvalue weighted by Gasteiger charge is -2.12. The van der Waals surface area contributed by atoms with Crippen LogP contribution in [0.5, 0.6) is 0 Å². The molecule has 0 radical (unpaired) electrons. The van der Waals surface area contributed by atoms with E-state index >= 15 is 0 Å². The molecule has 0 aliphatic carbocycles. The minimum absolute atomic E-state index is 0.726. The molecule has 0 atom stereocenters. The number of aromatic nitrogens is 4. The number of benzene rings is 2. The Kier molecular flexibility index (Phi) is 5.03. The van der Waals surface area contributed by atoms with Crippen LogP contribution in [0, 0.1) is 13.8 Å². The molecule has 2 aromatic carbocycles. The molecule has 0 saturated carbocycles. The molecular weight excluding hydrogens is 352 g/mol. The molecule has 4 rings (SSSR count). The molecule has 0 aliphatic rings. The van der Waals surface area contributed by atoms with Crippen molar-refractivity contribution < 1.29 is 0 Å². The largest absolute Gasteiger partial charge is 0.273 e. The van der Waals surface area contributed by atoms with E-state index in [0.717, 1.165) is 28.1 Å². The Morgan fingerprint density at radius 2 is 1.67 bits per heavy atom. The standard InChI is InChI=1S/C22H20N4S/c1-16-11-12-19(14-17(16)2)26-20(15-18-8-4-3-5-9-18)24-25-22(26)27-21-10-6-7-13-23-21/h3-14H,15H2,1-2H3. The Morgan fingerprint density at radius 1 is 0.852 bits per heavy atom. The molecule has 0 fully saturated rings. The normalized spacial score (nSPS) is 10.9. The lowest BCUT2D eigenvalue weighted by atomic mass is 10.1. The highest BCUT2D eigenvalue weighted by molar-refractivity contribution is 7.99. The Bertz CT molecular complexity index is 984. The average molecular weight is 372 g/mol. The van der Waals surface area contributed by atoms with Crippen molar-refractivity contribution in [3.63, 3.8) is 0 Å². The first-order valence-electron chi connectivity index (χ1n) is 8.85. The van der Waals surface area contributed by atoms with Crippen molar-refractivity contribution in [3.8, 4) is 5.69 Å². The van der Waals surface area contributed by atoms with E-state index in [1.807, 2.05) is 24.3 Å². The second-order valence-corrected chi connectivity index (χ2v) is 7.42. The fraction of sp³-hybridized carbons (Fsp3) is 0.136. The predicted octanol–water partition coefficient (Wildman–Crippen LogP) is 5.02. The molecule has 27 heavy (non-hydrogen) atoms. The highest BCUT2D eigenvalue weighted by atomic mass is 32.2. The molecule has 134 valence electrons. The fourth-order valence-corrected chi connectivity index (χ4v) is 3.72. The molecule has 2 aromatic heterocycles. The third kappa shape index (κ3) is 3.93. The van der Waals surface area contributed by atoms with Gasteiger partial charge < -0.3 is 0 Å². The van der Waals surface area contributed by atoms with Crippen LogP contribution in [0.2, 0.25) is 0 Å². The maximum absolute atomic E-state index is 4.50. The smallest absolute Gasteiger partial charge is 0.202 e. The number of rotatable bonds is 5. The zero-order chi connectivity index (χ0) is 18.6. The molecule has 5 heteroatoms. The van der Waals surface area contributed by atoms with Crippen LogP contribution < -0.4 is 0 Å². The first kappa shape index (κ1) is 17.5. The van der Waals surface area contributed by atoms with E-state index in [9.17, 15) is 0 Å². The number of hydrogen-bond acceptors (Lipinski definition) is 4. The van der Waals surface area contributed by atoms with Crippen LogP contribution in [0.1, 0.15) is 22.5 Å². The van der Waals surface area contributed by atoms with Gasteiger partial charge in [-0.15, -0.1) is 10.2 Å². The van der Waals surface area contributed by atoms with Crippen molar-refractivity contribution in [2.75, 3.05) is 0 Å². The van der Waals surface area contributed by atoms with Crippen LogP contribution in [-0.2, 0) is 6.42 Å². The summed E-state index contributed by atoms with van der Waals surface area (Å²) in [5.74, 6) is 0.919. The van der Waals surface area contributed by atoms with Gasteiger partial charge in [0.2, 0.25) is 5.16 Å². The molecular formula is C22H20N4S. The topological polar surface area (TPSA) is 43.6 Å². The molecule has 4 aromatic rings. The fourth-order valence-electron chi connectivity index (χ4n) is 2.88. The van der Waals surface area contributed by atoms with Gasteiger partial charge in [-0.25, -0.2) is 4.98 Å². The Labute approximate surface area is 163 Å². The van der Waals surface area contributed by atoms with Gasteiger partial charge in [0, 0.05) is 18.3 Å². The van der Waals surface area contributed by atoms with E-state index in [1.54, 1.807) is 6.20 Å². The van der Waals surface area contributed by atoms with E-state index in [2.05, 4.69) is 76.1 Å². The van der Waals surface area contributed by atoms with E-state index in [4.69, 9.17) is 0 Å². The highest BCUT2D eigenvalue weighted by Gasteiger charge is 2.16. The van der Waals surface area contributed by atoms with Crippen molar-refractivity contribution in [1.82, 2.24) is 19.7 Å². The van der Waals surface area contributed by atoms with E-state index in [-0.39, 0.29) is 0 Å². The summed E-state index contributed by atoms with van der Waals surface area (Å²) in [4.78, 5) is 4.42. The Morgan fingerprint density at radius 3 is 2.41 bits per heavy atom.